The van der Waals surface area contributed by atoms with Gasteiger partial charge in [0.2, 0.25) is 0 Å². The number of ether oxygens (including phenoxy) is 2. The van der Waals surface area contributed by atoms with Crippen LogP contribution < -0.4 is 9.75 Å². The van der Waals surface area contributed by atoms with Crippen LogP contribution in [0, 0.1) is 11.8 Å². The van der Waals surface area contributed by atoms with Gasteiger partial charge in [-0.05, 0) is 0 Å². The predicted octanol–water partition coefficient (Wildman–Crippen LogP) is 8.55. The Bertz CT molecular complexity index is 1570. The van der Waals surface area contributed by atoms with E-state index < -0.39 is 0 Å². The van der Waals surface area contributed by atoms with Gasteiger partial charge in [0.05, 0.1) is 0 Å². The molecule has 0 radical (unpaired) electrons. The van der Waals surface area contributed by atoms with E-state index in [4.69, 9.17) is 14.6 Å². The van der Waals surface area contributed by atoms with Crippen molar-refractivity contribution in [2.75, 3.05) is 12.1 Å². The van der Waals surface area contributed by atoms with Gasteiger partial charge in [0.1, 0.15) is 0 Å². The third-order valence-electron chi connectivity index (χ3n) is 9.66. The Labute approximate surface area is 270 Å². The van der Waals surface area contributed by atoms with Crippen LogP contribution in [-0.2, 0) is 26.0 Å². The van der Waals surface area contributed by atoms with Crippen LogP contribution in [0.4, 0.5) is 5.69 Å². The molecule has 4 aromatic carbocycles. The van der Waals surface area contributed by atoms with Gasteiger partial charge in [0.15, 0.2) is 0 Å². The summed E-state index contributed by atoms with van der Waals surface area (Å²) in [6.45, 7) is 7.14. The van der Waals surface area contributed by atoms with E-state index in [9.17, 15) is 0 Å². The summed E-state index contributed by atoms with van der Waals surface area (Å²) in [4.78, 5) is 0. The van der Waals surface area contributed by atoms with Crippen LogP contribution in [0.2, 0.25) is 0 Å². The third kappa shape index (κ3) is 6.20. The van der Waals surface area contributed by atoms with Gasteiger partial charge in [-0.15, -0.1) is 0 Å². The second kappa shape index (κ2) is 13.2. The average Bonchev–Trinajstić information content (AvgIpc) is 3.47. The number of methoxy groups -OCH3 is 1. The number of rotatable bonds is 9. The van der Waals surface area contributed by atoms with Gasteiger partial charge in [-0.25, -0.2) is 0 Å². The molecule has 0 saturated heterocycles. The molecule has 2 aliphatic rings. The number of hydrogen-bond acceptors (Lipinski definition) is 4. The molecule has 0 amide bonds. The first-order valence-corrected chi connectivity index (χ1v) is 16.4. The molecule has 0 bridgehead atoms. The number of hydrazone groups is 1. The molecule has 1 saturated carbocycles. The zero-order chi connectivity index (χ0) is 30.7. The summed E-state index contributed by atoms with van der Waals surface area (Å²) in [5.41, 5.74) is 5.69. The summed E-state index contributed by atoms with van der Waals surface area (Å²) in [6, 6.07) is 40.2. The minimum atomic E-state index is -0.168. The first kappa shape index (κ1) is 30.5. The van der Waals surface area contributed by atoms with Crippen LogP contribution in [-0.4, -0.2) is 29.5 Å². The molecule has 0 unspecified atom stereocenters. The number of benzene rings is 4. The zero-order valence-electron chi connectivity index (χ0n) is 26.1. The maximum atomic E-state index is 7.22. The second-order valence-electron chi connectivity index (χ2n) is 12.8. The van der Waals surface area contributed by atoms with Crippen molar-refractivity contribution in [3.05, 3.63) is 132 Å². The van der Waals surface area contributed by atoms with Gasteiger partial charge in [0, 0.05) is 0 Å². The Morgan fingerprint density at radius 3 is 2.07 bits per heavy atom. The van der Waals surface area contributed by atoms with Crippen LogP contribution in [0.1, 0.15) is 62.6 Å². The van der Waals surface area contributed by atoms with Crippen LogP contribution in [0.25, 0.3) is 0 Å². The van der Waals surface area contributed by atoms with Crippen molar-refractivity contribution in [2.45, 2.75) is 63.5 Å². The Hall–Kier alpha value is -3.49. The van der Waals surface area contributed by atoms with E-state index in [1.165, 1.54) is 17.5 Å². The average molecular weight is 623 g/mol. The summed E-state index contributed by atoms with van der Waals surface area (Å²) in [5, 5.41) is 7.51. The maximum absolute atomic E-state index is 7.22. The number of anilines is 1. The molecule has 1 fully saturated rings. The predicted molar refractivity (Wildman–Crippen MR) is 177 cm³/mol. The van der Waals surface area contributed by atoms with Gasteiger partial charge in [-0.2, -0.15) is 0 Å². The number of nitrogens with zero attached hydrogens (tertiary/aromatic N) is 2. The van der Waals surface area contributed by atoms with Crippen LogP contribution in [0.3, 0.4) is 0 Å². The van der Waals surface area contributed by atoms with Gasteiger partial charge in [0.25, 0.3) is 0 Å². The van der Waals surface area contributed by atoms with Crippen molar-refractivity contribution in [1.82, 2.24) is 0 Å². The van der Waals surface area contributed by atoms with E-state index in [0.717, 1.165) is 40.1 Å². The molecule has 4 nitrogen and oxygen atoms in total. The van der Waals surface area contributed by atoms with Crippen molar-refractivity contribution < 1.29 is 25.3 Å². The molecule has 6 rings (SSSR count). The van der Waals surface area contributed by atoms with E-state index >= 15 is 0 Å². The SMILES string of the molecule is COc1ccc([C@H]2C(c3ccccc3)=NN(c3ccccc3)[C@@H]2[C](=[Cr])O[C@@H]2C[C@H](C)CC[C@H]2C(C)(C)c2ccccc2)cc1. The van der Waals surface area contributed by atoms with Gasteiger partial charge in [-0.1, -0.05) is 0 Å². The Kier molecular flexibility index (Phi) is 9.19. The van der Waals surface area contributed by atoms with E-state index in [-0.39, 0.29) is 23.5 Å². The van der Waals surface area contributed by atoms with Crippen LogP contribution >= 0.6 is 0 Å². The normalized spacial score (nSPS) is 23.7. The molecule has 0 spiro atoms. The third-order valence-corrected chi connectivity index (χ3v) is 10.2. The summed E-state index contributed by atoms with van der Waals surface area (Å²) < 4.78 is 13.6. The Balaban J connectivity index is 1.41. The molecular weight excluding hydrogens is 580 g/mol. The molecule has 226 valence electrons. The molecular formula is C39H42CrN2O2. The second-order valence-corrected chi connectivity index (χ2v) is 13.4. The molecule has 5 atom stereocenters. The van der Waals surface area contributed by atoms with E-state index in [1.807, 2.05) is 12.1 Å². The number of hydrogen-bond donors (Lipinski definition) is 0. The van der Waals surface area contributed by atoms with E-state index in [1.54, 1.807) is 7.11 Å². The molecule has 44 heavy (non-hydrogen) atoms. The van der Waals surface area contributed by atoms with Gasteiger partial charge < -0.3 is 0 Å². The van der Waals surface area contributed by atoms with E-state index in [0.29, 0.717) is 11.8 Å². The number of para-hydroxylation sites is 1. The molecule has 1 aliphatic carbocycles. The zero-order valence-corrected chi connectivity index (χ0v) is 27.4. The van der Waals surface area contributed by atoms with Crippen molar-refractivity contribution in [2.24, 2.45) is 16.9 Å². The van der Waals surface area contributed by atoms with Crippen molar-refractivity contribution >= 4 is 16.0 Å². The monoisotopic (exact) mass is 622 g/mol. The fourth-order valence-electron chi connectivity index (χ4n) is 7.15. The van der Waals surface area contributed by atoms with Gasteiger partial charge in [-0.3, -0.25) is 0 Å². The molecule has 4 aromatic rings. The van der Waals surface area contributed by atoms with Crippen molar-refractivity contribution in [3.8, 4) is 5.75 Å². The minimum absolute atomic E-state index is 0.0256. The summed E-state index contributed by atoms with van der Waals surface area (Å²) >= 11 is 3.44. The standard InChI is InChI=1S/C39H42N2O2.Cr/c1-28-20-25-34(39(2,3)31-16-10-6-11-17-31)36(26-28)43-27-35-37(29-21-23-33(42-4)24-22-29)38(30-14-8-5-9-15-30)40-41(35)32-18-12-7-13-19-32;/h5-19,21-24,28,34-37H,20,25-26H2,1-4H3;/t28-,34-,35-,36-,37-;/m1./s1. The molecule has 1 heterocycles. The van der Waals surface area contributed by atoms with Gasteiger partial charge >= 0.3 is 272 Å². The first-order valence-electron chi connectivity index (χ1n) is 15.7. The van der Waals surface area contributed by atoms with Crippen molar-refractivity contribution in [1.29, 1.82) is 0 Å². The molecule has 5 heteroatoms. The van der Waals surface area contributed by atoms with Crippen LogP contribution in [0.15, 0.2) is 120 Å². The summed E-state index contributed by atoms with van der Waals surface area (Å²) in [7, 11) is 1.71. The van der Waals surface area contributed by atoms with E-state index in [2.05, 4.69) is 145 Å². The molecule has 0 N–H and O–H groups in total. The fourth-order valence-corrected chi connectivity index (χ4v) is 7.71. The summed E-state index contributed by atoms with van der Waals surface area (Å²) in [5.74, 6) is 1.77. The fraction of sp³-hybridized carbons (Fsp3) is 0.333. The van der Waals surface area contributed by atoms with Crippen molar-refractivity contribution in [3.63, 3.8) is 0 Å². The Morgan fingerprint density at radius 2 is 1.43 bits per heavy atom. The Morgan fingerprint density at radius 1 is 0.818 bits per heavy atom. The molecule has 1 aliphatic heterocycles. The summed E-state index contributed by atoms with van der Waals surface area (Å²) in [6.07, 6.45) is 3.48. The van der Waals surface area contributed by atoms with Crippen LogP contribution in [0.5, 0.6) is 5.75 Å². The quantitative estimate of drug-likeness (QED) is 0.188. The first-order chi connectivity index (χ1) is 21.4. The molecule has 0 aromatic heterocycles. The topological polar surface area (TPSA) is 34.1 Å².